The van der Waals surface area contributed by atoms with Crippen molar-refractivity contribution >= 4 is 11.6 Å². The monoisotopic (exact) mass is 346 g/mol. The minimum absolute atomic E-state index is 0. The molecular formula is C16H14F3N2NaO2. The second-order valence-corrected chi connectivity index (χ2v) is 4.54. The number of alkyl halides is 3. The van der Waals surface area contributed by atoms with Crippen molar-refractivity contribution in [3.8, 4) is 18.4 Å². The van der Waals surface area contributed by atoms with Crippen LogP contribution in [0.25, 0.3) is 0 Å². The minimum atomic E-state index is -4.46. The average molecular weight is 346 g/mol. The number of nitrogens with one attached hydrogen (secondary N) is 1. The maximum Gasteiger partial charge on any atom is 1.00 e. The third kappa shape index (κ3) is 7.10. The summed E-state index contributed by atoms with van der Waals surface area (Å²) in [6.07, 6.45) is 0.484. The molecule has 0 aliphatic rings. The molecule has 1 aromatic rings. The van der Waals surface area contributed by atoms with Gasteiger partial charge in [0.2, 0.25) is 5.91 Å². The molecule has 0 radical (unpaired) electrons. The second-order valence-electron chi connectivity index (χ2n) is 4.54. The number of benzene rings is 1. The Bertz CT molecular complexity index is 689. The van der Waals surface area contributed by atoms with E-state index in [1.54, 1.807) is 6.07 Å². The number of carbonyl (C=O) groups is 1. The summed E-state index contributed by atoms with van der Waals surface area (Å²) in [5.74, 6) is 1.39. The molecule has 0 saturated carbocycles. The van der Waals surface area contributed by atoms with Gasteiger partial charge in [-0.3, -0.25) is 4.79 Å². The van der Waals surface area contributed by atoms with E-state index in [1.807, 2.05) is 0 Å². The maximum absolute atomic E-state index is 12.4. The van der Waals surface area contributed by atoms with E-state index in [4.69, 9.17) is 11.7 Å². The van der Waals surface area contributed by atoms with Gasteiger partial charge < -0.3 is 11.8 Å². The van der Waals surface area contributed by atoms with Crippen molar-refractivity contribution in [3.05, 3.63) is 41.2 Å². The molecule has 0 saturated heterocycles. The number of aliphatic hydroxyl groups excluding tert-OH is 1. The van der Waals surface area contributed by atoms with E-state index < -0.39 is 24.1 Å². The summed E-state index contributed by atoms with van der Waals surface area (Å²) >= 11 is 0. The van der Waals surface area contributed by atoms with Gasteiger partial charge in [-0.2, -0.15) is 18.4 Å². The van der Waals surface area contributed by atoms with Crippen LogP contribution in [0, 0.1) is 23.7 Å². The quantitative estimate of drug-likeness (QED) is 0.360. The van der Waals surface area contributed by atoms with Crippen molar-refractivity contribution in [2.24, 2.45) is 0 Å². The summed E-state index contributed by atoms with van der Waals surface area (Å²) < 4.78 is 37.3. The van der Waals surface area contributed by atoms with Crippen LogP contribution in [0.4, 0.5) is 18.9 Å². The Labute approximate surface area is 161 Å². The zero-order chi connectivity index (χ0) is 17.5. The molecule has 0 fully saturated rings. The van der Waals surface area contributed by atoms with E-state index in [1.165, 1.54) is 0 Å². The molecule has 0 unspecified atom stereocenters. The zero-order valence-electron chi connectivity index (χ0n) is 13.9. The minimum Gasteiger partial charge on any atom is -1.00 e. The fraction of sp³-hybridized carbons (Fsp3) is 0.250. The first-order valence-corrected chi connectivity index (χ1v) is 6.49. The smallest absolute Gasteiger partial charge is 1.00 e. The van der Waals surface area contributed by atoms with E-state index in [-0.39, 0.29) is 60.8 Å². The number of halogens is 3. The number of terminal acetylenes is 1. The number of anilines is 1. The summed E-state index contributed by atoms with van der Waals surface area (Å²) in [5, 5.41) is 20.9. The van der Waals surface area contributed by atoms with Crippen molar-refractivity contribution < 1.29 is 54.1 Å². The number of rotatable bonds is 5. The van der Waals surface area contributed by atoms with Crippen LogP contribution in [0.5, 0.6) is 0 Å². The summed E-state index contributed by atoms with van der Waals surface area (Å²) in [6.45, 7) is 0. The Morgan fingerprint density at radius 3 is 2.38 bits per heavy atom. The molecule has 122 valence electrons. The number of allylic oxidation sites excluding steroid dienone is 1. The first kappa shape index (κ1) is 22.1. The molecule has 0 aliphatic heterocycles. The molecule has 1 aromatic carbocycles. The van der Waals surface area contributed by atoms with Crippen LogP contribution in [-0.2, 0) is 11.0 Å². The van der Waals surface area contributed by atoms with E-state index in [9.17, 15) is 23.1 Å². The Hall–Kier alpha value is -1.93. The average Bonchev–Trinajstić information content (AvgIpc) is 2.49. The maximum atomic E-state index is 12.4. The Balaban J connectivity index is 0. The van der Waals surface area contributed by atoms with Crippen molar-refractivity contribution in [1.29, 1.82) is 5.26 Å². The van der Waals surface area contributed by atoms with Gasteiger partial charge in [-0.25, -0.2) is 0 Å². The second kappa shape index (κ2) is 10.0. The van der Waals surface area contributed by atoms with E-state index >= 15 is 0 Å². The van der Waals surface area contributed by atoms with Crippen LogP contribution >= 0.6 is 0 Å². The summed E-state index contributed by atoms with van der Waals surface area (Å²) in [6, 6.07) is 5.59. The largest absolute Gasteiger partial charge is 1.00 e. The molecule has 0 bridgehead atoms. The normalized spacial score (nSPS) is 11.4. The Morgan fingerprint density at radius 1 is 1.33 bits per heavy atom. The third-order valence-electron chi connectivity index (χ3n) is 2.82. The van der Waals surface area contributed by atoms with Gasteiger partial charge in [0.1, 0.15) is 5.76 Å². The molecule has 0 atom stereocenters. The van der Waals surface area contributed by atoms with Gasteiger partial charge in [0.05, 0.1) is 23.6 Å². The van der Waals surface area contributed by atoms with Gasteiger partial charge in [-0.15, -0.1) is 12.3 Å². The van der Waals surface area contributed by atoms with Crippen molar-refractivity contribution in [3.63, 3.8) is 0 Å². The van der Waals surface area contributed by atoms with Gasteiger partial charge in [0.25, 0.3) is 0 Å². The number of nitriles is 1. The summed E-state index contributed by atoms with van der Waals surface area (Å²) in [4.78, 5) is 11.8. The first-order chi connectivity index (χ1) is 10.8. The molecule has 0 aromatic heterocycles. The first-order valence-electron chi connectivity index (χ1n) is 6.49. The van der Waals surface area contributed by atoms with Gasteiger partial charge in [0, 0.05) is 18.5 Å². The van der Waals surface area contributed by atoms with E-state index in [0.717, 1.165) is 24.3 Å². The van der Waals surface area contributed by atoms with Crippen molar-refractivity contribution in [2.45, 2.75) is 25.4 Å². The molecule has 2 N–H and O–H groups in total. The third-order valence-corrected chi connectivity index (χ3v) is 2.82. The van der Waals surface area contributed by atoms with Crippen molar-refractivity contribution in [2.75, 3.05) is 5.32 Å². The van der Waals surface area contributed by atoms with Crippen LogP contribution < -0.4 is 34.9 Å². The fourth-order valence-electron chi connectivity index (χ4n) is 1.66. The van der Waals surface area contributed by atoms with Crippen LogP contribution in [0.1, 0.15) is 26.3 Å². The standard InChI is InChI=1S/C16H13F3N2O2.Na.H/c1-2-3-4-14(22)11(10-20)9-15(23)21-13-7-5-12(6-8-13)16(17,18)19;;/h1,5-8,22H,3-4,9H2,(H,21,23);;/q;+1;-1/b14-11+;;. The number of carbonyl (C=O) groups excluding carboxylic acids is 1. The molecule has 1 amide bonds. The Kier molecular flexibility index (Phi) is 9.24. The van der Waals surface area contributed by atoms with E-state index in [0.29, 0.717) is 0 Å². The zero-order valence-corrected chi connectivity index (χ0v) is 14.9. The molecule has 24 heavy (non-hydrogen) atoms. The van der Waals surface area contributed by atoms with Gasteiger partial charge >= 0.3 is 35.7 Å². The predicted molar refractivity (Wildman–Crippen MR) is 79.1 cm³/mol. The molecule has 0 aliphatic carbocycles. The molecule has 0 heterocycles. The topological polar surface area (TPSA) is 73.1 Å². The Morgan fingerprint density at radius 2 is 1.92 bits per heavy atom. The molecular weight excluding hydrogens is 332 g/mol. The van der Waals surface area contributed by atoms with Crippen LogP contribution in [0.2, 0.25) is 0 Å². The van der Waals surface area contributed by atoms with Crippen LogP contribution in [-0.4, -0.2) is 11.0 Å². The van der Waals surface area contributed by atoms with Crippen LogP contribution in [0.15, 0.2) is 35.6 Å². The number of nitrogens with zero attached hydrogens (tertiary/aromatic N) is 1. The molecule has 1 rings (SSSR count). The summed E-state index contributed by atoms with van der Waals surface area (Å²) in [5.41, 5.74) is -0.812. The van der Waals surface area contributed by atoms with Gasteiger partial charge in [-0.05, 0) is 24.3 Å². The predicted octanol–water partition coefficient (Wildman–Crippen LogP) is 0.900. The fourth-order valence-corrected chi connectivity index (χ4v) is 1.66. The van der Waals surface area contributed by atoms with Crippen molar-refractivity contribution in [1.82, 2.24) is 0 Å². The van der Waals surface area contributed by atoms with Gasteiger partial charge in [-0.1, -0.05) is 0 Å². The number of amides is 1. The number of hydrogen-bond acceptors (Lipinski definition) is 3. The van der Waals surface area contributed by atoms with Gasteiger partial charge in [0.15, 0.2) is 0 Å². The number of aliphatic hydroxyl groups is 1. The van der Waals surface area contributed by atoms with E-state index in [2.05, 4.69) is 11.2 Å². The number of hydrogen-bond donors (Lipinski definition) is 2. The molecule has 4 nitrogen and oxygen atoms in total. The molecule has 8 heteroatoms. The van der Waals surface area contributed by atoms with Crippen LogP contribution in [0.3, 0.4) is 0 Å². The molecule has 0 spiro atoms. The summed E-state index contributed by atoms with van der Waals surface area (Å²) in [7, 11) is 0. The SMILES string of the molecule is C#CCC/C(O)=C(\C#N)CC(=O)Nc1ccc(C(F)(F)F)cc1.[H-].[Na+].